The summed E-state index contributed by atoms with van der Waals surface area (Å²) in [5, 5.41) is 3.51. The number of nitrogens with one attached hydrogen (secondary N) is 1. The number of ether oxygens (including phenoxy) is 2. The van der Waals surface area contributed by atoms with Crippen LogP contribution in [0.25, 0.3) is 0 Å². The Labute approximate surface area is 209 Å². The number of hydrogen-bond donors (Lipinski definition) is 1. The summed E-state index contributed by atoms with van der Waals surface area (Å²) in [6, 6.07) is 24.8. The minimum Gasteiger partial charge on any atom is -0.492 e. The van der Waals surface area contributed by atoms with E-state index in [0.717, 1.165) is 50.4 Å². The van der Waals surface area contributed by atoms with Gasteiger partial charge in [0.05, 0.1) is 12.7 Å². The number of likely N-dealkylation sites (tertiary alicyclic amines) is 1. The highest BCUT2D eigenvalue weighted by molar-refractivity contribution is 5.89. The third kappa shape index (κ3) is 7.67. The van der Waals surface area contributed by atoms with Crippen molar-refractivity contribution in [2.24, 2.45) is 0 Å². The van der Waals surface area contributed by atoms with E-state index in [-0.39, 0.29) is 5.97 Å². The minimum atomic E-state index is -0.305. The number of benzene rings is 3. The Hall–Kier alpha value is -3.15. The maximum Gasteiger partial charge on any atom is 0.337 e. The normalized spacial score (nSPS) is 13.6. The average Bonchev–Trinajstić information content (AvgIpc) is 3.42. The smallest absolute Gasteiger partial charge is 0.337 e. The highest BCUT2D eigenvalue weighted by Gasteiger charge is 2.11. The zero-order valence-corrected chi connectivity index (χ0v) is 20.7. The molecule has 1 saturated heterocycles. The molecule has 0 aliphatic carbocycles. The van der Waals surface area contributed by atoms with Crippen LogP contribution in [0.4, 0.5) is 0 Å². The lowest BCUT2D eigenvalue weighted by Gasteiger charge is -2.15. The van der Waals surface area contributed by atoms with Crippen LogP contribution in [0.5, 0.6) is 5.75 Å². The maximum atomic E-state index is 11.6. The van der Waals surface area contributed by atoms with E-state index in [2.05, 4.69) is 58.7 Å². The summed E-state index contributed by atoms with van der Waals surface area (Å²) in [5.74, 6) is 0.644. The van der Waals surface area contributed by atoms with Gasteiger partial charge in [-0.25, -0.2) is 4.79 Å². The number of nitrogens with zero attached hydrogens (tertiary/aromatic N) is 1. The lowest BCUT2D eigenvalue weighted by atomic mass is 9.98. The van der Waals surface area contributed by atoms with Gasteiger partial charge in [-0.1, -0.05) is 48.5 Å². The van der Waals surface area contributed by atoms with Crippen LogP contribution in [-0.2, 0) is 24.1 Å². The van der Waals surface area contributed by atoms with Crippen LogP contribution >= 0.6 is 0 Å². The summed E-state index contributed by atoms with van der Waals surface area (Å²) >= 11 is 0. The highest BCUT2D eigenvalue weighted by atomic mass is 16.5. The van der Waals surface area contributed by atoms with Crippen LogP contribution in [-0.4, -0.2) is 50.8 Å². The van der Waals surface area contributed by atoms with Crippen molar-refractivity contribution in [2.75, 3.05) is 39.9 Å². The molecule has 184 valence electrons. The quantitative estimate of drug-likeness (QED) is 0.301. The second-order valence-corrected chi connectivity index (χ2v) is 9.10. The first-order valence-corrected chi connectivity index (χ1v) is 12.6. The summed E-state index contributed by atoms with van der Waals surface area (Å²) in [6.45, 7) is 5.84. The molecule has 0 spiro atoms. The highest BCUT2D eigenvalue weighted by Crippen LogP contribution is 2.18. The molecule has 5 nitrogen and oxygen atoms in total. The van der Waals surface area contributed by atoms with Crippen LogP contribution in [0.1, 0.15) is 45.5 Å². The van der Waals surface area contributed by atoms with E-state index in [9.17, 15) is 4.79 Å². The topological polar surface area (TPSA) is 50.8 Å². The summed E-state index contributed by atoms with van der Waals surface area (Å²) in [4.78, 5) is 14.0. The van der Waals surface area contributed by atoms with E-state index in [1.54, 1.807) is 0 Å². The number of rotatable bonds is 12. The van der Waals surface area contributed by atoms with E-state index in [1.807, 2.05) is 24.3 Å². The summed E-state index contributed by atoms with van der Waals surface area (Å²) in [7, 11) is 1.40. The van der Waals surface area contributed by atoms with Crippen LogP contribution in [0.15, 0.2) is 72.8 Å². The number of methoxy groups -OCH3 is 1. The molecule has 5 heteroatoms. The van der Waals surface area contributed by atoms with Gasteiger partial charge in [0.1, 0.15) is 12.4 Å². The second-order valence-electron chi connectivity index (χ2n) is 9.10. The van der Waals surface area contributed by atoms with E-state index >= 15 is 0 Å². The summed E-state index contributed by atoms with van der Waals surface area (Å²) in [6.07, 6.45) is 4.52. The first kappa shape index (κ1) is 25.0. The fourth-order valence-corrected chi connectivity index (χ4v) is 4.53. The summed E-state index contributed by atoms with van der Waals surface area (Å²) in [5.41, 5.74) is 5.75. The van der Waals surface area contributed by atoms with E-state index in [0.29, 0.717) is 5.56 Å². The van der Waals surface area contributed by atoms with Gasteiger partial charge in [0.25, 0.3) is 0 Å². The van der Waals surface area contributed by atoms with Gasteiger partial charge in [0.2, 0.25) is 0 Å². The molecule has 0 bridgehead atoms. The molecular weight excluding hydrogens is 436 g/mol. The van der Waals surface area contributed by atoms with Crippen LogP contribution in [0.3, 0.4) is 0 Å². The lowest BCUT2D eigenvalue weighted by molar-refractivity contribution is 0.0600. The standard InChI is InChI=1S/C30H36N2O3/c1-34-30(33)27-12-8-25(9-13-27)23-31-17-16-26-6-2-3-7-28(26)22-24-10-14-29(15-11-24)35-21-20-32-18-4-5-19-32/h2-3,6-15,31H,4-5,16-23H2,1H3. The molecule has 4 rings (SSSR count). The van der Waals surface area contributed by atoms with Crippen molar-refractivity contribution in [3.8, 4) is 5.75 Å². The Balaban J connectivity index is 1.23. The predicted octanol–water partition coefficient (Wildman–Crippen LogP) is 4.87. The van der Waals surface area contributed by atoms with E-state index < -0.39 is 0 Å². The molecule has 1 aliphatic rings. The van der Waals surface area contributed by atoms with Crippen molar-refractivity contribution < 1.29 is 14.3 Å². The van der Waals surface area contributed by atoms with E-state index in [4.69, 9.17) is 9.47 Å². The molecule has 3 aromatic rings. The van der Waals surface area contributed by atoms with Crippen molar-refractivity contribution in [2.45, 2.75) is 32.2 Å². The molecule has 1 aliphatic heterocycles. The molecular formula is C30H36N2O3. The second kappa shape index (κ2) is 13.1. The molecule has 1 fully saturated rings. The number of esters is 1. The Kier molecular flexibility index (Phi) is 9.32. The Bertz CT molecular complexity index is 1060. The average molecular weight is 473 g/mol. The van der Waals surface area contributed by atoms with Gasteiger partial charge < -0.3 is 14.8 Å². The molecule has 35 heavy (non-hydrogen) atoms. The van der Waals surface area contributed by atoms with Crippen LogP contribution < -0.4 is 10.1 Å². The molecule has 0 radical (unpaired) electrons. The molecule has 1 heterocycles. The predicted molar refractivity (Wildman–Crippen MR) is 140 cm³/mol. The third-order valence-corrected chi connectivity index (χ3v) is 6.59. The molecule has 0 atom stereocenters. The molecule has 0 amide bonds. The van der Waals surface area contributed by atoms with Crippen molar-refractivity contribution in [3.63, 3.8) is 0 Å². The van der Waals surface area contributed by atoms with Gasteiger partial charge >= 0.3 is 5.97 Å². The Morgan fingerprint density at radius 1 is 0.886 bits per heavy atom. The van der Waals surface area contributed by atoms with Crippen molar-refractivity contribution in [1.82, 2.24) is 10.2 Å². The van der Waals surface area contributed by atoms with Gasteiger partial charge in [0.15, 0.2) is 0 Å². The Morgan fingerprint density at radius 3 is 2.29 bits per heavy atom. The fourth-order valence-electron chi connectivity index (χ4n) is 4.53. The number of carbonyl (C=O) groups is 1. The molecule has 0 aromatic heterocycles. The zero-order valence-electron chi connectivity index (χ0n) is 20.7. The Morgan fingerprint density at radius 2 is 1.57 bits per heavy atom. The number of carbonyl (C=O) groups excluding carboxylic acids is 1. The van der Waals surface area contributed by atoms with Crippen molar-refractivity contribution in [3.05, 3.63) is 101 Å². The van der Waals surface area contributed by atoms with Crippen LogP contribution in [0.2, 0.25) is 0 Å². The fraction of sp³-hybridized carbons (Fsp3) is 0.367. The maximum absolute atomic E-state index is 11.6. The molecule has 1 N–H and O–H groups in total. The largest absolute Gasteiger partial charge is 0.492 e. The van der Waals surface area contributed by atoms with Gasteiger partial charge in [-0.05, 0) is 91.8 Å². The first-order valence-electron chi connectivity index (χ1n) is 12.6. The van der Waals surface area contributed by atoms with Gasteiger partial charge in [0, 0.05) is 13.1 Å². The molecule has 0 saturated carbocycles. The van der Waals surface area contributed by atoms with E-state index in [1.165, 1.54) is 49.7 Å². The summed E-state index contributed by atoms with van der Waals surface area (Å²) < 4.78 is 10.7. The SMILES string of the molecule is COC(=O)c1ccc(CNCCc2ccccc2Cc2ccc(OCCN3CCCC3)cc2)cc1. The zero-order chi connectivity index (χ0) is 24.3. The minimum absolute atomic E-state index is 0.305. The monoisotopic (exact) mass is 472 g/mol. The van der Waals surface area contributed by atoms with Crippen molar-refractivity contribution >= 4 is 5.97 Å². The lowest BCUT2D eigenvalue weighted by Crippen LogP contribution is -2.25. The van der Waals surface area contributed by atoms with Gasteiger partial charge in [-0.15, -0.1) is 0 Å². The molecule has 0 unspecified atom stereocenters. The first-order chi connectivity index (χ1) is 17.2. The van der Waals surface area contributed by atoms with Crippen molar-refractivity contribution in [1.29, 1.82) is 0 Å². The molecule has 3 aromatic carbocycles. The van der Waals surface area contributed by atoms with Gasteiger partial charge in [-0.3, -0.25) is 4.90 Å². The third-order valence-electron chi connectivity index (χ3n) is 6.59. The van der Waals surface area contributed by atoms with Gasteiger partial charge in [-0.2, -0.15) is 0 Å². The van der Waals surface area contributed by atoms with Crippen LogP contribution in [0, 0.1) is 0 Å². The number of hydrogen-bond acceptors (Lipinski definition) is 5.